The van der Waals surface area contributed by atoms with Gasteiger partial charge < -0.3 is 29.4 Å². The van der Waals surface area contributed by atoms with Crippen LogP contribution in [-0.4, -0.2) is 83.2 Å². The quantitative estimate of drug-likeness (QED) is 0.205. The second kappa shape index (κ2) is 14.8. The van der Waals surface area contributed by atoms with Crippen LogP contribution in [0.1, 0.15) is 78.6 Å². The third-order valence-electron chi connectivity index (χ3n) is 11.1. The molecule has 5 atom stereocenters. The molecule has 2 saturated carbocycles. The molecule has 4 heterocycles. The van der Waals surface area contributed by atoms with Gasteiger partial charge in [0, 0.05) is 29.2 Å². The van der Waals surface area contributed by atoms with Crippen LogP contribution < -0.4 is 20.1 Å². The molecule has 4 amide bonds. The van der Waals surface area contributed by atoms with Gasteiger partial charge in [-0.25, -0.2) is 27.0 Å². The van der Waals surface area contributed by atoms with E-state index in [9.17, 15) is 36.4 Å². The Balaban J connectivity index is 1.16. The normalized spacial score (nSPS) is 25.7. The molecule has 3 fully saturated rings. The number of benzene rings is 2. The van der Waals surface area contributed by atoms with E-state index in [1.165, 1.54) is 41.3 Å². The molecule has 17 heteroatoms. The summed E-state index contributed by atoms with van der Waals surface area (Å²) in [6, 6.07) is 5.53. The predicted octanol–water partition coefficient (Wildman–Crippen LogP) is 5.66. The highest BCUT2D eigenvalue weighted by atomic mass is 32.2. The summed E-state index contributed by atoms with van der Waals surface area (Å²) in [4.78, 5) is 62.0. The zero-order valence-electron chi connectivity index (χ0n) is 32.3. The molecular formula is C41H45F2N5O9S. The van der Waals surface area contributed by atoms with Crippen LogP contribution in [0.5, 0.6) is 5.75 Å². The number of pyridine rings is 1. The van der Waals surface area contributed by atoms with E-state index < -0.39 is 86.0 Å². The number of furan rings is 1. The number of allylic oxidation sites excluding steroid dienone is 1. The summed E-state index contributed by atoms with van der Waals surface area (Å²) in [6.45, 7) is 4.90. The van der Waals surface area contributed by atoms with Gasteiger partial charge in [0.05, 0.1) is 17.3 Å². The van der Waals surface area contributed by atoms with Gasteiger partial charge >= 0.3 is 6.09 Å². The molecule has 3 N–H and O–H groups in total. The Morgan fingerprint density at radius 3 is 2.53 bits per heavy atom. The molecule has 58 heavy (non-hydrogen) atoms. The van der Waals surface area contributed by atoms with Crippen LogP contribution >= 0.6 is 0 Å². The van der Waals surface area contributed by atoms with Gasteiger partial charge in [-0.15, -0.1) is 0 Å². The Kier molecular flexibility index (Phi) is 10.1. The smallest absolute Gasteiger partial charge is 0.408 e. The van der Waals surface area contributed by atoms with Crippen molar-refractivity contribution in [2.45, 2.75) is 113 Å². The Bertz CT molecular complexity index is 2480. The van der Waals surface area contributed by atoms with Gasteiger partial charge in [0.25, 0.3) is 5.91 Å². The lowest BCUT2D eigenvalue weighted by atomic mass is 10.0. The average molecular weight is 822 g/mol. The molecule has 2 aliphatic carbocycles. The number of carbonyl (C=O) groups excluding carboxylic acids is 4. The Morgan fingerprint density at radius 1 is 1.02 bits per heavy atom. The first-order valence-electron chi connectivity index (χ1n) is 19.6. The fraction of sp³-hybridized carbons (Fsp3) is 0.488. The van der Waals surface area contributed by atoms with Crippen LogP contribution in [0.25, 0.3) is 33.0 Å². The second-order valence-electron chi connectivity index (χ2n) is 16.7. The number of alkyl carbamates (subject to hydrolysis) is 1. The second-order valence-corrected chi connectivity index (χ2v) is 18.7. The molecule has 1 saturated heterocycles. The number of amides is 4. The maximum Gasteiger partial charge on any atom is 0.408 e. The van der Waals surface area contributed by atoms with Crippen molar-refractivity contribution in [1.82, 2.24) is 25.2 Å². The largest absolute Gasteiger partial charge is 0.484 e. The highest BCUT2D eigenvalue weighted by Gasteiger charge is 2.62. The number of aromatic nitrogens is 1. The van der Waals surface area contributed by atoms with Crippen molar-refractivity contribution in [3.8, 4) is 5.75 Å². The minimum atomic E-state index is -3.96. The zero-order valence-corrected chi connectivity index (χ0v) is 33.1. The van der Waals surface area contributed by atoms with E-state index in [0.717, 1.165) is 6.42 Å². The summed E-state index contributed by atoms with van der Waals surface area (Å²) in [5.41, 5.74) is -1.50. The van der Waals surface area contributed by atoms with Crippen molar-refractivity contribution >= 4 is 66.8 Å². The van der Waals surface area contributed by atoms with Gasteiger partial charge in [-0.3, -0.25) is 19.1 Å². The molecule has 2 aliphatic heterocycles. The van der Waals surface area contributed by atoms with Crippen LogP contribution in [0.2, 0.25) is 0 Å². The van der Waals surface area contributed by atoms with E-state index >= 15 is 0 Å². The monoisotopic (exact) mass is 821 g/mol. The number of ether oxygens (including phenoxy) is 2. The highest BCUT2D eigenvalue weighted by molar-refractivity contribution is 7.91. The number of fused-ring (bicyclic) bond motifs is 6. The van der Waals surface area contributed by atoms with Gasteiger partial charge in [-0.2, -0.15) is 0 Å². The van der Waals surface area contributed by atoms with Crippen molar-refractivity contribution in [3.63, 3.8) is 0 Å². The van der Waals surface area contributed by atoms with E-state index in [1.54, 1.807) is 20.8 Å². The van der Waals surface area contributed by atoms with Gasteiger partial charge in [0.15, 0.2) is 11.3 Å². The van der Waals surface area contributed by atoms with Gasteiger partial charge in [-0.05, 0) is 89.6 Å². The first kappa shape index (κ1) is 39.5. The molecule has 0 unspecified atom stereocenters. The first-order valence-corrected chi connectivity index (χ1v) is 21.2. The SMILES string of the molecule is CC(C)(C)OC(=O)N[C@H]1CCCCCC=C[C@@H]2C[C@@]2(C(=O)NS(=O)(=O)C2CC2)NC(=O)[C@@H]2C[C@@H](Oc3c4cc(F)ccc4nc4c3oc3cc(F)ccc34)CN2C1=O. The molecule has 0 bridgehead atoms. The maximum absolute atomic E-state index is 14.8. The van der Waals surface area contributed by atoms with Gasteiger partial charge in [-0.1, -0.05) is 25.0 Å². The summed E-state index contributed by atoms with van der Waals surface area (Å²) < 4.78 is 75.2. The van der Waals surface area contributed by atoms with Gasteiger partial charge in [0.1, 0.15) is 52.1 Å². The number of nitrogens with one attached hydrogen (secondary N) is 3. The van der Waals surface area contributed by atoms with Crippen LogP contribution in [-0.2, 0) is 29.1 Å². The standard InChI is InChI=1S/C41H45F2N5O9S/c1-40(2,3)57-39(52)45-30-10-8-6-4-5-7-9-22-20-41(22,38(51)47-58(53,54)26-13-14-26)46-36(49)31-19-25(21-48(31)37(30)50)55-34-28-17-23(42)12-16-29(28)44-33-27-15-11-24(43)18-32(27)56-35(33)34/h7,9,11-12,15-18,22,25-26,30-31H,4-6,8,10,13-14,19-21H2,1-3H3,(H,45,52)(H,46,49)(H,47,51)/t22-,25-,30+,31+,41-/m1/s1. The van der Waals surface area contributed by atoms with Gasteiger partial charge in [0.2, 0.25) is 21.8 Å². The first-order chi connectivity index (χ1) is 27.5. The lowest BCUT2D eigenvalue weighted by Gasteiger charge is -2.30. The lowest BCUT2D eigenvalue weighted by Crippen LogP contribution is -2.58. The molecule has 4 aromatic rings. The van der Waals surface area contributed by atoms with Crippen molar-refractivity contribution in [1.29, 1.82) is 0 Å². The van der Waals surface area contributed by atoms with E-state index in [2.05, 4.69) is 20.3 Å². The van der Waals surface area contributed by atoms with Crippen LogP contribution in [0.3, 0.4) is 0 Å². The van der Waals surface area contributed by atoms with E-state index in [-0.39, 0.29) is 48.1 Å². The predicted molar refractivity (Wildman–Crippen MR) is 208 cm³/mol. The third kappa shape index (κ3) is 7.92. The van der Waals surface area contributed by atoms with E-state index in [0.29, 0.717) is 48.5 Å². The third-order valence-corrected chi connectivity index (χ3v) is 12.9. The summed E-state index contributed by atoms with van der Waals surface area (Å²) in [5, 5.41) is 5.57. The van der Waals surface area contributed by atoms with E-state index in [1.807, 2.05) is 12.2 Å². The molecule has 4 aliphatic rings. The highest BCUT2D eigenvalue weighted by Crippen LogP contribution is 2.46. The van der Waals surface area contributed by atoms with Crippen molar-refractivity contribution in [2.24, 2.45) is 5.92 Å². The Morgan fingerprint density at radius 2 is 1.78 bits per heavy atom. The minimum Gasteiger partial charge on any atom is -0.484 e. The zero-order chi connectivity index (χ0) is 41.1. The number of halogens is 2. The number of hydrogen-bond donors (Lipinski definition) is 3. The Labute approximate surface area is 333 Å². The fourth-order valence-corrected chi connectivity index (χ4v) is 9.30. The van der Waals surface area contributed by atoms with E-state index in [4.69, 9.17) is 13.9 Å². The molecule has 14 nitrogen and oxygen atoms in total. The summed E-state index contributed by atoms with van der Waals surface area (Å²) >= 11 is 0. The number of rotatable bonds is 6. The number of sulfonamides is 1. The van der Waals surface area contributed by atoms with Crippen LogP contribution in [0.15, 0.2) is 53.0 Å². The minimum absolute atomic E-state index is 0.0636. The Hall–Kier alpha value is -5.32. The van der Waals surface area contributed by atoms with Crippen LogP contribution in [0, 0.1) is 17.6 Å². The fourth-order valence-electron chi connectivity index (χ4n) is 7.93. The molecule has 0 spiro atoms. The molecule has 308 valence electrons. The van der Waals surface area contributed by atoms with Crippen molar-refractivity contribution < 1.29 is 50.3 Å². The number of nitrogens with zero attached hydrogens (tertiary/aromatic N) is 2. The maximum atomic E-state index is 14.8. The number of hydrogen-bond acceptors (Lipinski definition) is 10. The molecule has 8 rings (SSSR count). The van der Waals surface area contributed by atoms with Crippen LogP contribution in [0.4, 0.5) is 13.6 Å². The summed E-state index contributed by atoms with van der Waals surface area (Å²) in [7, 11) is -3.96. The summed E-state index contributed by atoms with van der Waals surface area (Å²) in [6.07, 6.45) is 5.74. The summed E-state index contributed by atoms with van der Waals surface area (Å²) in [5.74, 6) is -3.75. The molecular weight excluding hydrogens is 777 g/mol. The van der Waals surface area contributed by atoms with Crippen molar-refractivity contribution in [3.05, 3.63) is 60.2 Å². The molecule has 2 aromatic heterocycles. The number of carbonyl (C=O) groups is 4. The van der Waals surface area contributed by atoms with Crippen molar-refractivity contribution in [2.75, 3.05) is 6.54 Å². The molecule has 0 radical (unpaired) electrons. The lowest BCUT2D eigenvalue weighted by molar-refractivity contribution is -0.141. The average Bonchev–Trinajstić information content (AvgIpc) is 4.05. The topological polar surface area (TPSA) is 186 Å². The molecule has 2 aromatic carbocycles.